The lowest BCUT2D eigenvalue weighted by Crippen LogP contribution is -2.39. The number of likely N-dealkylation sites (N-methyl/N-ethyl adjacent to an activating group) is 1. The lowest BCUT2D eigenvalue weighted by molar-refractivity contribution is 0.0933. The minimum Gasteiger partial charge on any atom is -0.473 e. The molecule has 1 aromatic rings. The molecule has 0 amide bonds. The fraction of sp³-hybridized carbons (Fsp3) is 0.706. The van der Waals surface area contributed by atoms with E-state index in [1.54, 1.807) is 0 Å². The van der Waals surface area contributed by atoms with Crippen LogP contribution in [0.2, 0.25) is 0 Å². The van der Waals surface area contributed by atoms with E-state index in [0.717, 1.165) is 57.2 Å². The molecule has 1 saturated heterocycles. The number of anilines is 1. The van der Waals surface area contributed by atoms with Gasteiger partial charge in [0.25, 0.3) is 0 Å². The maximum absolute atomic E-state index is 6.18. The van der Waals surface area contributed by atoms with Crippen LogP contribution in [0.1, 0.15) is 36.9 Å². The smallest absolute Gasteiger partial charge is 0.237 e. The molecular formula is C17H26N4O. The van der Waals surface area contributed by atoms with E-state index in [9.17, 15) is 0 Å². The molecule has 5 nitrogen and oxygen atoms in total. The van der Waals surface area contributed by atoms with Crippen LogP contribution < -0.4 is 10.5 Å². The zero-order valence-electron chi connectivity index (χ0n) is 13.4. The molecule has 2 fully saturated rings. The molecule has 0 aromatic carbocycles. The van der Waals surface area contributed by atoms with Crippen molar-refractivity contribution in [2.75, 3.05) is 32.4 Å². The zero-order chi connectivity index (χ0) is 15.1. The number of nitrogen functional groups attached to an aromatic ring is 1. The average molecular weight is 302 g/mol. The quantitative estimate of drug-likeness (QED) is 0.920. The van der Waals surface area contributed by atoms with Gasteiger partial charge in [0.05, 0.1) is 11.4 Å². The topological polar surface area (TPSA) is 54.6 Å². The first-order chi connectivity index (χ1) is 10.7. The summed E-state index contributed by atoms with van der Waals surface area (Å²) in [7, 11) is 2.14. The van der Waals surface area contributed by atoms with Crippen LogP contribution in [0.5, 0.6) is 5.88 Å². The van der Waals surface area contributed by atoms with Crippen molar-refractivity contribution in [2.24, 2.45) is 0 Å². The Labute approximate surface area is 132 Å². The second-order valence-corrected chi connectivity index (χ2v) is 7.06. The van der Waals surface area contributed by atoms with E-state index in [1.165, 1.54) is 18.4 Å². The molecular weight excluding hydrogens is 276 g/mol. The van der Waals surface area contributed by atoms with E-state index >= 15 is 0 Å². The number of likely N-dealkylation sites (tertiary alicyclic amines) is 1. The van der Waals surface area contributed by atoms with Crippen LogP contribution in [-0.2, 0) is 13.0 Å². The normalized spacial score (nSPS) is 24.2. The molecule has 2 N–H and O–H groups in total. The average Bonchev–Trinajstić information content (AvgIpc) is 3.34. The van der Waals surface area contributed by atoms with Gasteiger partial charge in [-0.3, -0.25) is 0 Å². The third kappa shape index (κ3) is 2.92. The molecule has 0 unspecified atom stereocenters. The Kier molecular flexibility index (Phi) is 3.70. The minimum absolute atomic E-state index is 0.272. The van der Waals surface area contributed by atoms with E-state index in [0.29, 0.717) is 11.6 Å². The standard InChI is InChI=1S/C17H26N4O/c1-20-7-6-16-12(11-20)10-15(18)17(19-16)22-14-4-8-21(9-5-14)13-2-3-13/h10,13-14H,2-9,11,18H2,1H3. The van der Waals surface area contributed by atoms with Crippen molar-refractivity contribution in [3.05, 3.63) is 17.3 Å². The number of hydrogen-bond acceptors (Lipinski definition) is 5. The lowest BCUT2D eigenvalue weighted by Gasteiger charge is -2.32. The molecule has 22 heavy (non-hydrogen) atoms. The first-order valence-electron chi connectivity index (χ1n) is 8.56. The zero-order valence-corrected chi connectivity index (χ0v) is 13.4. The van der Waals surface area contributed by atoms with Crippen molar-refractivity contribution in [2.45, 2.75) is 50.8 Å². The highest BCUT2D eigenvalue weighted by molar-refractivity contribution is 5.52. The van der Waals surface area contributed by atoms with Crippen molar-refractivity contribution in [3.8, 4) is 5.88 Å². The SMILES string of the molecule is CN1CCc2nc(OC3CCN(C4CC4)CC3)c(N)cc2C1. The first-order valence-corrected chi connectivity index (χ1v) is 8.56. The molecule has 120 valence electrons. The summed E-state index contributed by atoms with van der Waals surface area (Å²) in [5.41, 5.74) is 9.29. The number of hydrogen-bond donors (Lipinski definition) is 1. The van der Waals surface area contributed by atoms with Crippen molar-refractivity contribution < 1.29 is 4.74 Å². The molecule has 3 heterocycles. The summed E-state index contributed by atoms with van der Waals surface area (Å²) < 4.78 is 6.15. The van der Waals surface area contributed by atoms with Crippen LogP contribution in [0.4, 0.5) is 5.69 Å². The molecule has 0 radical (unpaired) electrons. The van der Waals surface area contributed by atoms with Gasteiger partial charge in [0.2, 0.25) is 5.88 Å². The van der Waals surface area contributed by atoms with Crippen molar-refractivity contribution in [3.63, 3.8) is 0 Å². The Morgan fingerprint density at radius 2 is 1.95 bits per heavy atom. The van der Waals surface area contributed by atoms with Gasteiger partial charge in [-0.2, -0.15) is 0 Å². The summed E-state index contributed by atoms with van der Waals surface area (Å²) in [6.07, 6.45) is 6.23. The molecule has 1 aliphatic carbocycles. The Morgan fingerprint density at radius 1 is 1.18 bits per heavy atom. The number of nitrogens with two attached hydrogens (primary N) is 1. The Bertz CT molecular complexity index is 550. The lowest BCUT2D eigenvalue weighted by atomic mass is 10.1. The van der Waals surface area contributed by atoms with E-state index in [1.807, 2.05) is 0 Å². The van der Waals surface area contributed by atoms with Gasteiger partial charge in [-0.25, -0.2) is 4.98 Å². The molecule has 3 aliphatic rings. The van der Waals surface area contributed by atoms with Crippen LogP contribution in [0.25, 0.3) is 0 Å². The number of piperidine rings is 1. The van der Waals surface area contributed by atoms with Gasteiger partial charge in [-0.05, 0) is 44.4 Å². The van der Waals surface area contributed by atoms with Gasteiger partial charge in [0, 0.05) is 38.6 Å². The number of aromatic nitrogens is 1. The van der Waals surface area contributed by atoms with Gasteiger partial charge >= 0.3 is 0 Å². The van der Waals surface area contributed by atoms with Crippen LogP contribution in [-0.4, -0.2) is 53.6 Å². The molecule has 1 aromatic heterocycles. The third-order valence-electron chi connectivity index (χ3n) is 5.17. The van der Waals surface area contributed by atoms with Crippen molar-refractivity contribution >= 4 is 5.69 Å². The Balaban J connectivity index is 1.42. The maximum atomic E-state index is 6.18. The highest BCUT2D eigenvalue weighted by Gasteiger charge is 2.32. The van der Waals surface area contributed by atoms with Crippen LogP contribution >= 0.6 is 0 Å². The second-order valence-electron chi connectivity index (χ2n) is 7.06. The predicted octanol–water partition coefficient (Wildman–Crippen LogP) is 1.66. The van der Waals surface area contributed by atoms with E-state index < -0.39 is 0 Å². The number of pyridine rings is 1. The molecule has 0 spiro atoms. The highest BCUT2D eigenvalue weighted by Crippen LogP contribution is 2.31. The molecule has 4 rings (SSSR count). The summed E-state index contributed by atoms with van der Waals surface area (Å²) in [4.78, 5) is 9.63. The summed E-state index contributed by atoms with van der Waals surface area (Å²) in [5.74, 6) is 0.660. The second kappa shape index (κ2) is 5.70. The minimum atomic E-state index is 0.272. The summed E-state index contributed by atoms with van der Waals surface area (Å²) >= 11 is 0. The number of rotatable bonds is 3. The molecule has 0 atom stereocenters. The summed E-state index contributed by atoms with van der Waals surface area (Å²) in [6, 6.07) is 2.93. The molecule has 0 bridgehead atoms. The predicted molar refractivity (Wildman–Crippen MR) is 86.9 cm³/mol. The van der Waals surface area contributed by atoms with E-state index in [4.69, 9.17) is 15.5 Å². The van der Waals surface area contributed by atoms with Gasteiger partial charge in [0.15, 0.2) is 0 Å². The van der Waals surface area contributed by atoms with Gasteiger partial charge in [-0.15, -0.1) is 0 Å². The number of fused-ring (bicyclic) bond motifs is 1. The van der Waals surface area contributed by atoms with Crippen LogP contribution in [0.3, 0.4) is 0 Å². The Hall–Kier alpha value is -1.33. The van der Waals surface area contributed by atoms with Crippen LogP contribution in [0.15, 0.2) is 6.07 Å². The molecule has 1 saturated carbocycles. The molecule has 5 heteroatoms. The fourth-order valence-corrected chi connectivity index (χ4v) is 3.66. The van der Waals surface area contributed by atoms with Crippen LogP contribution in [0, 0.1) is 0 Å². The van der Waals surface area contributed by atoms with E-state index in [-0.39, 0.29) is 6.10 Å². The molecule has 2 aliphatic heterocycles. The summed E-state index contributed by atoms with van der Waals surface area (Å²) in [6.45, 7) is 4.31. The van der Waals surface area contributed by atoms with Crippen molar-refractivity contribution in [1.82, 2.24) is 14.8 Å². The number of nitrogens with zero attached hydrogens (tertiary/aromatic N) is 3. The fourth-order valence-electron chi connectivity index (χ4n) is 3.66. The monoisotopic (exact) mass is 302 g/mol. The third-order valence-corrected chi connectivity index (χ3v) is 5.17. The maximum Gasteiger partial charge on any atom is 0.237 e. The first kappa shape index (κ1) is 14.3. The van der Waals surface area contributed by atoms with Gasteiger partial charge < -0.3 is 20.3 Å². The number of ether oxygens (including phenoxy) is 1. The largest absolute Gasteiger partial charge is 0.473 e. The van der Waals surface area contributed by atoms with Gasteiger partial charge in [0.1, 0.15) is 6.10 Å². The summed E-state index contributed by atoms with van der Waals surface area (Å²) in [5, 5.41) is 0. The van der Waals surface area contributed by atoms with Crippen molar-refractivity contribution in [1.29, 1.82) is 0 Å². The highest BCUT2D eigenvalue weighted by atomic mass is 16.5. The van der Waals surface area contributed by atoms with Gasteiger partial charge in [-0.1, -0.05) is 0 Å². The Morgan fingerprint density at radius 3 is 2.68 bits per heavy atom. The van der Waals surface area contributed by atoms with E-state index in [2.05, 4.69) is 22.9 Å².